The Morgan fingerprint density at radius 2 is 1.89 bits per heavy atom. The first-order chi connectivity index (χ1) is 12.9. The molecule has 0 unspecified atom stereocenters. The summed E-state index contributed by atoms with van der Waals surface area (Å²) in [5.74, 6) is 0.321. The number of nitrogens with one attached hydrogen (secondary N) is 2. The number of carbonyl (C=O) groups is 1. The Morgan fingerprint density at radius 1 is 1.07 bits per heavy atom. The number of pyridine rings is 1. The molecule has 2 heterocycles. The van der Waals surface area contributed by atoms with E-state index in [2.05, 4.69) is 52.4 Å². The molecular formula is C21H23N5O. The van der Waals surface area contributed by atoms with Crippen molar-refractivity contribution in [3.63, 3.8) is 0 Å². The number of benzene rings is 1. The highest BCUT2D eigenvalue weighted by Gasteiger charge is 2.18. The fraction of sp³-hybridized carbons (Fsp3) is 0.238. The maximum absolute atomic E-state index is 12.4. The van der Waals surface area contributed by atoms with E-state index in [-0.39, 0.29) is 11.3 Å². The molecule has 3 rings (SSSR count). The second-order valence-electron chi connectivity index (χ2n) is 7.25. The van der Waals surface area contributed by atoms with Gasteiger partial charge in [0.25, 0.3) is 5.91 Å². The van der Waals surface area contributed by atoms with Crippen molar-refractivity contribution in [1.82, 2.24) is 20.3 Å². The molecule has 1 aromatic carbocycles. The van der Waals surface area contributed by atoms with Gasteiger partial charge in [0.15, 0.2) is 0 Å². The van der Waals surface area contributed by atoms with E-state index in [1.807, 2.05) is 30.3 Å². The van der Waals surface area contributed by atoms with Crippen molar-refractivity contribution in [2.75, 3.05) is 5.32 Å². The van der Waals surface area contributed by atoms with Crippen molar-refractivity contribution < 1.29 is 4.79 Å². The van der Waals surface area contributed by atoms with Gasteiger partial charge in [0.1, 0.15) is 17.8 Å². The maximum atomic E-state index is 12.4. The summed E-state index contributed by atoms with van der Waals surface area (Å²) in [5, 5.41) is 6.15. The first-order valence-electron chi connectivity index (χ1n) is 8.79. The van der Waals surface area contributed by atoms with Gasteiger partial charge in [-0.25, -0.2) is 9.97 Å². The lowest BCUT2D eigenvalue weighted by atomic mass is 9.86. The van der Waals surface area contributed by atoms with Crippen molar-refractivity contribution in [3.8, 4) is 0 Å². The SMILES string of the molecule is CC(C)(C)c1ccccc1Nc1cc(C(=O)NCc2cccnc2)ncn1. The lowest BCUT2D eigenvalue weighted by Crippen LogP contribution is -2.24. The Balaban J connectivity index is 1.74. The van der Waals surface area contributed by atoms with Gasteiger partial charge in [-0.3, -0.25) is 9.78 Å². The van der Waals surface area contributed by atoms with Crippen LogP contribution in [0.1, 0.15) is 42.4 Å². The third-order valence-electron chi connectivity index (χ3n) is 4.07. The molecule has 0 radical (unpaired) electrons. The van der Waals surface area contributed by atoms with Crippen LogP contribution in [0.25, 0.3) is 0 Å². The molecule has 27 heavy (non-hydrogen) atoms. The van der Waals surface area contributed by atoms with Gasteiger partial charge in [0, 0.05) is 30.7 Å². The number of anilines is 2. The topological polar surface area (TPSA) is 79.8 Å². The van der Waals surface area contributed by atoms with E-state index in [9.17, 15) is 4.79 Å². The molecule has 0 saturated heterocycles. The fourth-order valence-electron chi connectivity index (χ4n) is 2.71. The summed E-state index contributed by atoms with van der Waals surface area (Å²) in [6, 6.07) is 13.5. The first kappa shape index (κ1) is 18.5. The number of hydrogen-bond donors (Lipinski definition) is 2. The molecule has 0 atom stereocenters. The fourth-order valence-corrected chi connectivity index (χ4v) is 2.71. The van der Waals surface area contributed by atoms with Crippen LogP contribution in [0.4, 0.5) is 11.5 Å². The summed E-state index contributed by atoms with van der Waals surface area (Å²) in [7, 11) is 0. The minimum absolute atomic E-state index is 0.0133. The van der Waals surface area contributed by atoms with Crippen molar-refractivity contribution >= 4 is 17.4 Å². The molecule has 0 spiro atoms. The van der Waals surface area contributed by atoms with Crippen LogP contribution in [-0.4, -0.2) is 20.9 Å². The predicted molar refractivity (Wildman–Crippen MR) is 106 cm³/mol. The van der Waals surface area contributed by atoms with Crippen molar-refractivity contribution in [3.05, 3.63) is 78.0 Å². The van der Waals surface area contributed by atoms with Crippen LogP contribution in [0, 0.1) is 0 Å². The lowest BCUT2D eigenvalue weighted by Gasteiger charge is -2.23. The summed E-state index contributed by atoms with van der Waals surface area (Å²) in [6.45, 7) is 6.87. The quantitative estimate of drug-likeness (QED) is 0.722. The maximum Gasteiger partial charge on any atom is 0.270 e. The largest absolute Gasteiger partial charge is 0.347 e. The van der Waals surface area contributed by atoms with Crippen LogP contribution in [0.2, 0.25) is 0 Å². The highest BCUT2D eigenvalue weighted by atomic mass is 16.1. The zero-order valence-electron chi connectivity index (χ0n) is 15.7. The second-order valence-corrected chi connectivity index (χ2v) is 7.25. The van der Waals surface area contributed by atoms with Gasteiger partial charge in [0.2, 0.25) is 0 Å². The number of aromatic nitrogens is 3. The zero-order chi connectivity index (χ0) is 19.3. The molecule has 0 fully saturated rings. The van der Waals surface area contributed by atoms with Crippen LogP contribution >= 0.6 is 0 Å². The molecule has 0 bridgehead atoms. The van der Waals surface area contributed by atoms with Crippen LogP contribution in [-0.2, 0) is 12.0 Å². The summed E-state index contributed by atoms with van der Waals surface area (Å²) < 4.78 is 0. The number of para-hydroxylation sites is 1. The van der Waals surface area contributed by atoms with Crippen molar-refractivity contribution in [2.45, 2.75) is 32.7 Å². The van der Waals surface area contributed by atoms with Gasteiger partial charge in [-0.05, 0) is 28.7 Å². The Hall–Kier alpha value is -3.28. The van der Waals surface area contributed by atoms with Gasteiger partial charge in [0.05, 0.1) is 0 Å². The minimum Gasteiger partial charge on any atom is -0.347 e. The summed E-state index contributed by atoms with van der Waals surface area (Å²) >= 11 is 0. The smallest absolute Gasteiger partial charge is 0.270 e. The second kappa shape index (κ2) is 7.95. The third-order valence-corrected chi connectivity index (χ3v) is 4.07. The molecule has 0 saturated carbocycles. The number of carbonyl (C=O) groups excluding carboxylic acids is 1. The predicted octanol–water partition coefficient (Wildman–Crippen LogP) is 3.84. The molecule has 3 aromatic rings. The average Bonchev–Trinajstić information content (AvgIpc) is 2.67. The Labute approximate surface area is 159 Å². The van der Waals surface area contributed by atoms with Crippen molar-refractivity contribution in [2.24, 2.45) is 0 Å². The molecule has 6 heteroatoms. The highest BCUT2D eigenvalue weighted by Crippen LogP contribution is 2.30. The van der Waals surface area contributed by atoms with E-state index in [0.29, 0.717) is 18.1 Å². The molecule has 0 aliphatic carbocycles. The number of rotatable bonds is 5. The average molecular weight is 361 g/mol. The molecule has 0 aliphatic rings. The van der Waals surface area contributed by atoms with E-state index in [4.69, 9.17) is 0 Å². The highest BCUT2D eigenvalue weighted by molar-refractivity contribution is 5.92. The monoisotopic (exact) mass is 361 g/mol. The number of nitrogens with zero attached hydrogens (tertiary/aromatic N) is 3. The number of amides is 1. The van der Waals surface area contributed by atoms with E-state index in [1.54, 1.807) is 18.5 Å². The molecule has 2 N–H and O–H groups in total. The molecular weight excluding hydrogens is 338 g/mol. The van der Waals surface area contributed by atoms with Crippen LogP contribution < -0.4 is 10.6 Å². The summed E-state index contributed by atoms with van der Waals surface area (Å²) in [4.78, 5) is 24.8. The zero-order valence-corrected chi connectivity index (χ0v) is 15.7. The van der Waals surface area contributed by atoms with Gasteiger partial charge in [-0.1, -0.05) is 45.0 Å². The minimum atomic E-state index is -0.256. The van der Waals surface area contributed by atoms with E-state index >= 15 is 0 Å². The molecule has 6 nitrogen and oxygen atoms in total. The van der Waals surface area contributed by atoms with Crippen molar-refractivity contribution in [1.29, 1.82) is 0 Å². The normalized spacial score (nSPS) is 11.1. The molecule has 138 valence electrons. The molecule has 1 amide bonds. The van der Waals surface area contributed by atoms with Gasteiger partial charge in [-0.15, -0.1) is 0 Å². The molecule has 2 aromatic heterocycles. The van der Waals surface area contributed by atoms with Gasteiger partial charge < -0.3 is 10.6 Å². The lowest BCUT2D eigenvalue weighted by molar-refractivity contribution is 0.0945. The van der Waals surface area contributed by atoms with Gasteiger partial charge in [-0.2, -0.15) is 0 Å². The Kier molecular flexibility index (Phi) is 5.45. The molecule has 0 aliphatic heterocycles. The standard InChI is InChI=1S/C21H23N5O/c1-21(2,3)16-8-4-5-9-17(16)26-19-11-18(24-14-25-19)20(27)23-13-15-7-6-10-22-12-15/h4-12,14H,13H2,1-3H3,(H,23,27)(H,24,25,26). The van der Waals surface area contributed by atoms with E-state index in [1.165, 1.54) is 11.9 Å². The van der Waals surface area contributed by atoms with Crippen LogP contribution in [0.15, 0.2) is 61.2 Å². The summed E-state index contributed by atoms with van der Waals surface area (Å²) in [6.07, 6.45) is 4.81. The van der Waals surface area contributed by atoms with Crippen LogP contribution in [0.5, 0.6) is 0 Å². The Bertz CT molecular complexity index is 919. The Morgan fingerprint density at radius 3 is 2.63 bits per heavy atom. The van der Waals surface area contributed by atoms with E-state index in [0.717, 1.165) is 11.3 Å². The van der Waals surface area contributed by atoms with Crippen LogP contribution in [0.3, 0.4) is 0 Å². The summed E-state index contributed by atoms with van der Waals surface area (Å²) in [5.41, 5.74) is 3.36. The third kappa shape index (κ3) is 4.88. The number of hydrogen-bond acceptors (Lipinski definition) is 5. The first-order valence-corrected chi connectivity index (χ1v) is 8.79. The van der Waals surface area contributed by atoms with E-state index < -0.39 is 0 Å². The van der Waals surface area contributed by atoms with Gasteiger partial charge >= 0.3 is 0 Å².